The van der Waals surface area contributed by atoms with Crippen LogP contribution >= 0.6 is 11.3 Å². The highest BCUT2D eigenvalue weighted by molar-refractivity contribution is 7.23. The Morgan fingerprint density at radius 3 is 2.81 bits per heavy atom. The van der Waals surface area contributed by atoms with Crippen LogP contribution in [0.3, 0.4) is 0 Å². The van der Waals surface area contributed by atoms with Crippen LogP contribution in [-0.4, -0.2) is 0 Å². The monoisotopic (exact) mass is 234 g/mol. The van der Waals surface area contributed by atoms with E-state index in [-0.39, 0.29) is 5.82 Å². The summed E-state index contributed by atoms with van der Waals surface area (Å²) >= 11 is 1.15. The maximum atomic E-state index is 13.7. The lowest BCUT2D eigenvalue weighted by molar-refractivity contribution is 0.640. The minimum absolute atomic E-state index is 0.289. The van der Waals surface area contributed by atoms with Gasteiger partial charge in [-0.2, -0.15) is 5.26 Å². The lowest BCUT2D eigenvalue weighted by Gasteiger charge is -2.06. The molecule has 0 aliphatic rings. The van der Waals surface area contributed by atoms with E-state index in [0.29, 0.717) is 20.7 Å². The fourth-order valence-electron chi connectivity index (χ4n) is 2.01. The molecule has 0 unspecified atom stereocenters. The predicted octanol–water partition coefficient (Wildman–Crippen LogP) is 3.37. The fourth-order valence-corrected chi connectivity index (χ4v) is 2.96. The molecule has 2 nitrogen and oxygen atoms in total. The first-order valence-electron chi connectivity index (χ1n) is 5.00. The van der Waals surface area contributed by atoms with Crippen molar-refractivity contribution < 1.29 is 4.39 Å². The Bertz CT molecular complexity index is 608. The summed E-state index contributed by atoms with van der Waals surface area (Å²) < 4.78 is 14.2. The molecular formula is C12H11FN2S. The van der Waals surface area contributed by atoms with Crippen molar-refractivity contribution in [3.63, 3.8) is 0 Å². The molecular weight excluding hydrogens is 223 g/mol. The molecule has 1 aromatic heterocycles. The van der Waals surface area contributed by atoms with Gasteiger partial charge in [-0.3, -0.25) is 0 Å². The first-order chi connectivity index (χ1) is 7.60. The summed E-state index contributed by atoms with van der Waals surface area (Å²) in [5.41, 5.74) is 8.04. The number of nitrogens with two attached hydrogens (primary N) is 1. The molecule has 16 heavy (non-hydrogen) atoms. The van der Waals surface area contributed by atoms with Gasteiger partial charge in [0, 0.05) is 5.39 Å². The van der Waals surface area contributed by atoms with Gasteiger partial charge in [-0.25, -0.2) is 4.39 Å². The molecule has 0 aliphatic heterocycles. The molecule has 0 saturated carbocycles. The van der Waals surface area contributed by atoms with Crippen molar-refractivity contribution in [3.05, 3.63) is 28.6 Å². The molecule has 0 fully saturated rings. The Morgan fingerprint density at radius 1 is 1.56 bits per heavy atom. The molecule has 1 aromatic carbocycles. The molecule has 2 N–H and O–H groups in total. The van der Waals surface area contributed by atoms with Crippen LogP contribution in [0, 0.1) is 24.1 Å². The third-order valence-corrected chi connectivity index (χ3v) is 3.77. The predicted molar refractivity (Wildman–Crippen MR) is 65.0 cm³/mol. The number of benzene rings is 1. The van der Waals surface area contributed by atoms with Crippen molar-refractivity contribution in [3.8, 4) is 6.07 Å². The normalized spacial score (nSPS) is 10.6. The summed E-state index contributed by atoms with van der Waals surface area (Å²) in [5.74, 6) is -0.289. The average Bonchev–Trinajstić information content (AvgIpc) is 2.56. The van der Waals surface area contributed by atoms with Crippen molar-refractivity contribution in [1.29, 1.82) is 5.26 Å². The van der Waals surface area contributed by atoms with Gasteiger partial charge < -0.3 is 5.73 Å². The van der Waals surface area contributed by atoms with E-state index in [4.69, 9.17) is 11.0 Å². The Labute approximate surface area is 97.1 Å². The standard InChI is InChI=1S/C12H11FN2S/c1-3-7-6(2)4-9(13)11-10(7)8(5-14)12(15)16-11/h4H,3,15H2,1-2H3. The van der Waals surface area contributed by atoms with E-state index in [1.807, 2.05) is 13.8 Å². The molecule has 1 heterocycles. The number of hydrogen-bond acceptors (Lipinski definition) is 3. The van der Waals surface area contributed by atoms with Crippen LogP contribution in [0.2, 0.25) is 0 Å². The van der Waals surface area contributed by atoms with E-state index < -0.39 is 0 Å². The number of nitriles is 1. The highest BCUT2D eigenvalue weighted by Crippen LogP contribution is 2.38. The second-order valence-corrected chi connectivity index (χ2v) is 4.72. The highest BCUT2D eigenvalue weighted by atomic mass is 32.1. The quantitative estimate of drug-likeness (QED) is 0.822. The number of anilines is 1. The van der Waals surface area contributed by atoms with E-state index in [1.165, 1.54) is 6.07 Å². The largest absolute Gasteiger partial charge is 0.389 e. The SMILES string of the molecule is CCc1c(C)cc(F)c2sc(N)c(C#N)c12. The van der Waals surface area contributed by atoms with Gasteiger partial charge in [0.15, 0.2) is 0 Å². The Kier molecular flexibility index (Phi) is 2.56. The number of thiophene rings is 1. The van der Waals surface area contributed by atoms with E-state index in [9.17, 15) is 4.39 Å². The van der Waals surface area contributed by atoms with Gasteiger partial charge >= 0.3 is 0 Å². The maximum Gasteiger partial charge on any atom is 0.141 e. The smallest absolute Gasteiger partial charge is 0.141 e. The van der Waals surface area contributed by atoms with Crippen molar-refractivity contribution in [1.82, 2.24) is 0 Å². The first-order valence-corrected chi connectivity index (χ1v) is 5.81. The molecule has 82 valence electrons. The molecule has 0 spiro atoms. The fraction of sp³-hybridized carbons (Fsp3) is 0.250. The first kappa shape index (κ1) is 10.9. The molecule has 2 rings (SSSR count). The van der Waals surface area contributed by atoms with Gasteiger partial charge in [0.1, 0.15) is 16.9 Å². The van der Waals surface area contributed by atoms with Gasteiger partial charge in [0.2, 0.25) is 0 Å². The highest BCUT2D eigenvalue weighted by Gasteiger charge is 2.17. The van der Waals surface area contributed by atoms with E-state index >= 15 is 0 Å². The van der Waals surface area contributed by atoms with Crippen LogP contribution in [0.15, 0.2) is 6.07 Å². The Hall–Kier alpha value is -1.60. The summed E-state index contributed by atoms with van der Waals surface area (Å²) in [4.78, 5) is 0. The minimum Gasteiger partial charge on any atom is -0.389 e. The van der Waals surface area contributed by atoms with Crippen molar-refractivity contribution in [2.75, 3.05) is 5.73 Å². The van der Waals surface area contributed by atoms with Crippen molar-refractivity contribution >= 4 is 26.4 Å². The number of fused-ring (bicyclic) bond motifs is 1. The topological polar surface area (TPSA) is 49.8 Å². The minimum atomic E-state index is -0.289. The lowest BCUT2D eigenvalue weighted by Crippen LogP contribution is -1.92. The lowest BCUT2D eigenvalue weighted by atomic mass is 9.99. The van der Waals surface area contributed by atoms with Crippen LogP contribution in [0.5, 0.6) is 0 Å². The van der Waals surface area contributed by atoms with Crippen LogP contribution < -0.4 is 5.73 Å². The number of nitrogens with zero attached hydrogens (tertiary/aromatic N) is 1. The second kappa shape index (κ2) is 3.76. The molecule has 0 saturated heterocycles. The number of nitrogen functional groups attached to an aromatic ring is 1. The molecule has 2 aromatic rings. The molecule has 0 bridgehead atoms. The van der Waals surface area contributed by atoms with E-state index in [0.717, 1.165) is 28.9 Å². The molecule has 4 heteroatoms. The molecule has 0 aliphatic carbocycles. The third-order valence-electron chi connectivity index (χ3n) is 2.74. The number of hydrogen-bond donors (Lipinski definition) is 1. The van der Waals surface area contributed by atoms with Crippen LogP contribution in [-0.2, 0) is 6.42 Å². The zero-order valence-corrected chi connectivity index (χ0v) is 9.91. The van der Waals surface area contributed by atoms with Gasteiger partial charge in [0.25, 0.3) is 0 Å². The number of halogens is 1. The van der Waals surface area contributed by atoms with Crippen molar-refractivity contribution in [2.45, 2.75) is 20.3 Å². The average molecular weight is 234 g/mol. The molecule has 0 radical (unpaired) electrons. The summed E-state index contributed by atoms with van der Waals surface area (Å²) in [5, 5.41) is 10.2. The molecule has 0 atom stereocenters. The summed E-state index contributed by atoms with van der Waals surface area (Å²) in [6.45, 7) is 3.85. The zero-order valence-electron chi connectivity index (χ0n) is 9.10. The summed E-state index contributed by atoms with van der Waals surface area (Å²) in [6, 6.07) is 3.58. The Balaban J connectivity index is 3.03. The molecule has 0 amide bonds. The Morgan fingerprint density at radius 2 is 2.25 bits per heavy atom. The maximum absolute atomic E-state index is 13.7. The van der Waals surface area contributed by atoms with Crippen molar-refractivity contribution in [2.24, 2.45) is 0 Å². The van der Waals surface area contributed by atoms with Crippen LogP contribution in [0.1, 0.15) is 23.6 Å². The van der Waals surface area contributed by atoms with Gasteiger partial charge in [0.05, 0.1) is 10.3 Å². The zero-order chi connectivity index (χ0) is 11.9. The number of aryl methyl sites for hydroxylation is 2. The van der Waals surface area contributed by atoms with Crippen LogP contribution in [0.4, 0.5) is 9.39 Å². The summed E-state index contributed by atoms with van der Waals surface area (Å²) in [6.07, 6.45) is 0.771. The van der Waals surface area contributed by atoms with Gasteiger partial charge in [-0.1, -0.05) is 6.92 Å². The van der Waals surface area contributed by atoms with Gasteiger partial charge in [-0.15, -0.1) is 11.3 Å². The van der Waals surface area contributed by atoms with E-state index in [1.54, 1.807) is 0 Å². The van der Waals surface area contributed by atoms with Crippen LogP contribution in [0.25, 0.3) is 10.1 Å². The second-order valence-electron chi connectivity index (χ2n) is 3.66. The third kappa shape index (κ3) is 1.36. The number of rotatable bonds is 1. The van der Waals surface area contributed by atoms with Gasteiger partial charge in [-0.05, 0) is 30.5 Å². The van der Waals surface area contributed by atoms with E-state index in [2.05, 4.69) is 6.07 Å². The summed E-state index contributed by atoms with van der Waals surface area (Å²) in [7, 11) is 0.